The number of aliphatic hydroxyl groups excluding tert-OH is 1. The Morgan fingerprint density at radius 2 is 2.18 bits per heavy atom. The van der Waals surface area contributed by atoms with E-state index in [4.69, 9.17) is 9.84 Å². The number of nitrogens with one attached hydrogen (secondary N) is 1. The Hall–Kier alpha value is -0.770. The van der Waals surface area contributed by atoms with Crippen LogP contribution in [0.3, 0.4) is 0 Å². The molecule has 1 amide bonds. The van der Waals surface area contributed by atoms with Gasteiger partial charge in [0.1, 0.15) is 6.10 Å². The van der Waals surface area contributed by atoms with Crippen LogP contribution in [-0.2, 0) is 4.74 Å². The van der Waals surface area contributed by atoms with Gasteiger partial charge < -0.3 is 15.2 Å². The second-order valence-corrected chi connectivity index (χ2v) is 5.42. The molecule has 0 aromatic carbocycles. The zero-order chi connectivity index (χ0) is 12.8. The van der Waals surface area contributed by atoms with Crippen molar-refractivity contribution in [2.24, 2.45) is 17.8 Å². The van der Waals surface area contributed by atoms with Crippen molar-refractivity contribution >= 4 is 6.09 Å². The predicted octanol–water partition coefficient (Wildman–Crippen LogP) is 2.17. The largest absolute Gasteiger partial charge is 0.446 e. The maximum absolute atomic E-state index is 11.5. The van der Waals surface area contributed by atoms with Crippen LogP contribution in [0.2, 0.25) is 0 Å². The van der Waals surface area contributed by atoms with Gasteiger partial charge in [0.25, 0.3) is 0 Å². The third-order valence-corrected chi connectivity index (χ3v) is 3.60. The molecule has 17 heavy (non-hydrogen) atoms. The van der Waals surface area contributed by atoms with Crippen molar-refractivity contribution in [3.63, 3.8) is 0 Å². The van der Waals surface area contributed by atoms with Crippen LogP contribution in [0.5, 0.6) is 0 Å². The molecule has 1 saturated carbocycles. The van der Waals surface area contributed by atoms with Gasteiger partial charge in [0.05, 0.1) is 6.61 Å². The van der Waals surface area contributed by atoms with E-state index in [0.717, 1.165) is 12.8 Å². The van der Waals surface area contributed by atoms with Gasteiger partial charge >= 0.3 is 6.09 Å². The van der Waals surface area contributed by atoms with Crippen molar-refractivity contribution in [2.45, 2.75) is 46.1 Å². The lowest BCUT2D eigenvalue weighted by atomic mass is 9.75. The Morgan fingerprint density at radius 3 is 2.76 bits per heavy atom. The molecular weight excluding hydrogens is 218 g/mol. The fourth-order valence-corrected chi connectivity index (χ4v) is 2.59. The van der Waals surface area contributed by atoms with Gasteiger partial charge in [0, 0.05) is 6.54 Å². The monoisotopic (exact) mass is 243 g/mol. The molecule has 1 aliphatic rings. The number of alkyl carbamates (subject to hydrolysis) is 1. The summed E-state index contributed by atoms with van der Waals surface area (Å²) >= 11 is 0. The fraction of sp³-hybridized carbons (Fsp3) is 0.923. The standard InChI is InChI=1S/C13H25NO3/c1-9(2)11-5-4-10(3)8-12(11)17-13(16)14-6-7-15/h9-12,15H,4-8H2,1-3H3,(H,14,16)/t10-,11+,12-/m0/s1. The van der Waals surface area contributed by atoms with E-state index in [0.29, 0.717) is 17.8 Å². The molecule has 0 aromatic heterocycles. The van der Waals surface area contributed by atoms with Gasteiger partial charge in [-0.1, -0.05) is 27.2 Å². The number of hydrogen-bond donors (Lipinski definition) is 2. The number of rotatable bonds is 4. The minimum atomic E-state index is -0.399. The molecule has 0 radical (unpaired) electrons. The summed E-state index contributed by atoms with van der Waals surface area (Å²) in [5.74, 6) is 1.63. The molecule has 100 valence electrons. The lowest BCUT2D eigenvalue weighted by Gasteiger charge is -2.36. The number of hydrogen-bond acceptors (Lipinski definition) is 3. The highest BCUT2D eigenvalue weighted by atomic mass is 16.6. The van der Waals surface area contributed by atoms with Gasteiger partial charge in [-0.2, -0.15) is 0 Å². The first kappa shape index (κ1) is 14.3. The number of amides is 1. The zero-order valence-electron chi connectivity index (χ0n) is 11.1. The van der Waals surface area contributed by atoms with E-state index in [9.17, 15) is 4.79 Å². The van der Waals surface area contributed by atoms with Crippen LogP contribution in [0, 0.1) is 17.8 Å². The molecule has 1 fully saturated rings. The van der Waals surface area contributed by atoms with E-state index in [1.807, 2.05) is 0 Å². The normalized spacial score (nSPS) is 29.1. The summed E-state index contributed by atoms with van der Waals surface area (Å²) in [7, 11) is 0. The minimum absolute atomic E-state index is 0.0254. The third-order valence-electron chi connectivity index (χ3n) is 3.60. The highest BCUT2D eigenvalue weighted by Crippen LogP contribution is 2.35. The average Bonchev–Trinajstić information content (AvgIpc) is 2.26. The number of aliphatic hydroxyl groups is 1. The molecular formula is C13H25NO3. The number of carbonyl (C=O) groups excluding carboxylic acids is 1. The van der Waals surface area contributed by atoms with E-state index < -0.39 is 6.09 Å². The molecule has 0 heterocycles. The van der Waals surface area contributed by atoms with Crippen LogP contribution < -0.4 is 5.32 Å². The molecule has 3 atom stereocenters. The smallest absolute Gasteiger partial charge is 0.407 e. The van der Waals surface area contributed by atoms with Crippen molar-refractivity contribution in [1.29, 1.82) is 0 Å². The van der Waals surface area contributed by atoms with E-state index in [1.54, 1.807) is 0 Å². The Balaban J connectivity index is 2.48. The molecule has 4 heteroatoms. The SMILES string of the molecule is CC(C)[C@H]1CC[C@H](C)C[C@@H]1OC(=O)NCCO. The number of carbonyl (C=O) groups is 1. The highest BCUT2D eigenvalue weighted by Gasteiger charge is 2.33. The van der Waals surface area contributed by atoms with Crippen molar-refractivity contribution in [2.75, 3.05) is 13.2 Å². The summed E-state index contributed by atoms with van der Waals surface area (Å²) < 4.78 is 5.48. The van der Waals surface area contributed by atoms with Gasteiger partial charge in [0.15, 0.2) is 0 Å². The first-order valence-electron chi connectivity index (χ1n) is 6.60. The summed E-state index contributed by atoms with van der Waals surface area (Å²) in [4.78, 5) is 11.5. The maximum atomic E-state index is 11.5. The van der Waals surface area contributed by atoms with Crippen molar-refractivity contribution in [1.82, 2.24) is 5.32 Å². The third kappa shape index (κ3) is 4.54. The van der Waals surface area contributed by atoms with Crippen LogP contribution in [0.1, 0.15) is 40.0 Å². The lowest BCUT2D eigenvalue weighted by Crippen LogP contribution is -2.39. The molecule has 2 N–H and O–H groups in total. The van der Waals surface area contributed by atoms with E-state index in [1.165, 1.54) is 6.42 Å². The summed E-state index contributed by atoms with van der Waals surface area (Å²) in [5.41, 5.74) is 0. The van der Waals surface area contributed by atoms with Crippen LogP contribution in [-0.4, -0.2) is 30.5 Å². The molecule has 0 aromatic rings. The highest BCUT2D eigenvalue weighted by molar-refractivity contribution is 5.67. The molecule has 0 spiro atoms. The second kappa shape index (κ2) is 6.84. The van der Waals surface area contributed by atoms with Crippen molar-refractivity contribution in [3.05, 3.63) is 0 Å². The summed E-state index contributed by atoms with van der Waals surface area (Å²) in [6, 6.07) is 0. The zero-order valence-corrected chi connectivity index (χ0v) is 11.1. The Kier molecular flexibility index (Phi) is 5.75. The van der Waals surface area contributed by atoms with E-state index >= 15 is 0 Å². The fourth-order valence-electron chi connectivity index (χ4n) is 2.59. The molecule has 1 aliphatic carbocycles. The number of ether oxygens (including phenoxy) is 1. The van der Waals surface area contributed by atoms with Crippen molar-refractivity contribution < 1.29 is 14.6 Å². The van der Waals surface area contributed by atoms with Crippen LogP contribution in [0.15, 0.2) is 0 Å². The predicted molar refractivity (Wildman–Crippen MR) is 66.7 cm³/mol. The first-order chi connectivity index (χ1) is 8.04. The first-order valence-corrected chi connectivity index (χ1v) is 6.60. The Labute approximate surface area is 104 Å². The van der Waals surface area contributed by atoms with E-state index in [-0.39, 0.29) is 19.3 Å². The topological polar surface area (TPSA) is 58.6 Å². The molecule has 0 unspecified atom stereocenters. The molecule has 1 rings (SSSR count). The summed E-state index contributed by atoms with van der Waals surface area (Å²) in [6.07, 6.45) is 2.94. The molecule has 0 saturated heterocycles. The minimum Gasteiger partial charge on any atom is -0.446 e. The molecule has 4 nitrogen and oxygen atoms in total. The molecule has 0 aliphatic heterocycles. The van der Waals surface area contributed by atoms with Gasteiger partial charge in [-0.15, -0.1) is 0 Å². The van der Waals surface area contributed by atoms with Gasteiger partial charge in [0.2, 0.25) is 0 Å². The quantitative estimate of drug-likeness (QED) is 0.795. The summed E-state index contributed by atoms with van der Waals surface area (Å²) in [6.45, 7) is 6.78. The Morgan fingerprint density at radius 1 is 1.47 bits per heavy atom. The van der Waals surface area contributed by atoms with Crippen molar-refractivity contribution in [3.8, 4) is 0 Å². The molecule has 0 bridgehead atoms. The maximum Gasteiger partial charge on any atom is 0.407 e. The van der Waals surface area contributed by atoms with Crippen LogP contribution in [0.4, 0.5) is 4.79 Å². The Bertz CT molecular complexity index is 243. The summed E-state index contributed by atoms with van der Waals surface area (Å²) in [5, 5.41) is 11.2. The van der Waals surface area contributed by atoms with Crippen LogP contribution >= 0.6 is 0 Å². The average molecular weight is 243 g/mol. The second-order valence-electron chi connectivity index (χ2n) is 5.42. The van der Waals surface area contributed by atoms with E-state index in [2.05, 4.69) is 26.1 Å². The van der Waals surface area contributed by atoms with Gasteiger partial charge in [-0.25, -0.2) is 4.79 Å². The van der Waals surface area contributed by atoms with Gasteiger partial charge in [-0.3, -0.25) is 0 Å². The van der Waals surface area contributed by atoms with Crippen LogP contribution in [0.25, 0.3) is 0 Å². The van der Waals surface area contributed by atoms with Gasteiger partial charge in [-0.05, 0) is 30.6 Å². The lowest BCUT2D eigenvalue weighted by molar-refractivity contribution is 0.00583.